The molecule has 0 bridgehead atoms. The fourth-order valence-corrected chi connectivity index (χ4v) is 2.94. The quantitative estimate of drug-likeness (QED) is 0.884. The molecule has 1 unspecified atom stereocenters. The van der Waals surface area contributed by atoms with Crippen LogP contribution in [0.25, 0.3) is 0 Å². The van der Waals surface area contributed by atoms with Crippen LogP contribution < -0.4 is 5.32 Å². The van der Waals surface area contributed by atoms with Crippen molar-refractivity contribution in [3.63, 3.8) is 0 Å². The molecule has 3 nitrogen and oxygen atoms in total. The molecule has 2 aromatic carbocycles. The largest absolute Gasteiger partial charge is 0.508 e. The van der Waals surface area contributed by atoms with E-state index in [-0.39, 0.29) is 11.8 Å². The summed E-state index contributed by atoms with van der Waals surface area (Å²) < 4.78 is 39.0. The Labute approximate surface area is 131 Å². The van der Waals surface area contributed by atoms with Gasteiger partial charge in [0.15, 0.2) is 0 Å². The molecule has 2 N–H and O–H groups in total. The molecule has 3 rings (SSSR count). The first-order valence-electron chi connectivity index (χ1n) is 7.06. The van der Waals surface area contributed by atoms with Gasteiger partial charge in [-0.3, -0.25) is 0 Å². The Balaban J connectivity index is 1.83. The van der Waals surface area contributed by atoms with E-state index in [9.17, 15) is 18.3 Å². The Morgan fingerprint density at radius 1 is 1.17 bits per heavy atom. The molecule has 1 atom stereocenters. The first-order chi connectivity index (χ1) is 10.9. The number of halogens is 3. The first-order valence-corrected chi connectivity index (χ1v) is 7.06. The van der Waals surface area contributed by atoms with Crippen LogP contribution in [0.3, 0.4) is 0 Å². The summed E-state index contributed by atoms with van der Waals surface area (Å²) >= 11 is 0. The Morgan fingerprint density at radius 2 is 1.96 bits per heavy atom. The summed E-state index contributed by atoms with van der Waals surface area (Å²) in [4.78, 5) is 0. The Bertz CT molecular complexity index is 793. The van der Waals surface area contributed by atoms with E-state index in [0.717, 1.165) is 17.2 Å². The number of rotatable bonds is 2. The van der Waals surface area contributed by atoms with E-state index in [1.807, 2.05) is 6.07 Å². The highest BCUT2D eigenvalue weighted by molar-refractivity contribution is 5.55. The van der Waals surface area contributed by atoms with E-state index in [2.05, 4.69) is 5.32 Å². The molecule has 1 aliphatic rings. The minimum Gasteiger partial charge on any atom is -0.508 e. The van der Waals surface area contributed by atoms with Crippen LogP contribution >= 0.6 is 0 Å². The molecule has 6 heteroatoms. The molecule has 0 spiro atoms. The maximum atomic E-state index is 13.0. The Morgan fingerprint density at radius 3 is 2.61 bits per heavy atom. The van der Waals surface area contributed by atoms with Crippen LogP contribution in [0.2, 0.25) is 0 Å². The molecular formula is C17H13F3N2O. The van der Waals surface area contributed by atoms with E-state index in [1.54, 1.807) is 18.2 Å². The minimum atomic E-state index is -4.57. The fourth-order valence-electron chi connectivity index (χ4n) is 2.94. The summed E-state index contributed by atoms with van der Waals surface area (Å²) in [5.74, 6) is 0.211. The van der Waals surface area contributed by atoms with E-state index < -0.39 is 17.3 Å². The molecule has 0 aliphatic heterocycles. The molecule has 1 aliphatic carbocycles. The van der Waals surface area contributed by atoms with Gasteiger partial charge in [0, 0.05) is 11.7 Å². The number of nitrogens with one attached hydrogen (secondary N) is 1. The molecule has 2 aromatic rings. The van der Waals surface area contributed by atoms with Crippen LogP contribution in [-0.4, -0.2) is 11.1 Å². The van der Waals surface area contributed by atoms with Crippen LogP contribution in [0.5, 0.6) is 5.75 Å². The molecule has 118 valence electrons. The monoisotopic (exact) mass is 318 g/mol. The van der Waals surface area contributed by atoms with E-state index in [1.165, 1.54) is 12.1 Å². The summed E-state index contributed by atoms with van der Waals surface area (Å²) in [5, 5.41) is 21.7. The predicted octanol–water partition coefficient (Wildman–Crippen LogP) is 3.86. The van der Waals surface area contributed by atoms with Gasteiger partial charge in [-0.25, -0.2) is 0 Å². The number of alkyl halides is 3. The van der Waals surface area contributed by atoms with Gasteiger partial charge in [-0.05, 0) is 48.2 Å². The second kappa shape index (κ2) is 5.51. The van der Waals surface area contributed by atoms with Crippen LogP contribution in [0, 0.1) is 11.3 Å². The second-order valence-corrected chi connectivity index (χ2v) is 5.53. The number of fused-ring (bicyclic) bond motifs is 1. The summed E-state index contributed by atoms with van der Waals surface area (Å²) in [5.41, 5.74) is 0.800. The number of benzene rings is 2. The molecule has 0 saturated heterocycles. The number of anilines is 1. The lowest BCUT2D eigenvalue weighted by Gasteiger charge is -2.16. The van der Waals surface area contributed by atoms with Crippen molar-refractivity contribution in [1.29, 1.82) is 5.26 Å². The first kappa shape index (κ1) is 15.2. The molecule has 23 heavy (non-hydrogen) atoms. The van der Waals surface area contributed by atoms with Crippen LogP contribution in [0.1, 0.15) is 22.3 Å². The van der Waals surface area contributed by atoms with Crippen LogP contribution in [0.4, 0.5) is 18.9 Å². The maximum absolute atomic E-state index is 13.0. The maximum Gasteiger partial charge on any atom is 0.417 e. The van der Waals surface area contributed by atoms with Crippen molar-refractivity contribution in [3.05, 3.63) is 58.7 Å². The molecule has 0 saturated carbocycles. The Hall–Kier alpha value is -2.68. The van der Waals surface area contributed by atoms with Gasteiger partial charge in [0.2, 0.25) is 0 Å². The highest BCUT2D eigenvalue weighted by Gasteiger charge is 2.34. The van der Waals surface area contributed by atoms with Crippen molar-refractivity contribution < 1.29 is 18.3 Å². The minimum absolute atomic E-state index is 0.0904. The van der Waals surface area contributed by atoms with E-state index >= 15 is 0 Å². The number of nitriles is 1. The number of phenolic OH excluding ortho intramolecular Hbond substituents is 1. The molecular weight excluding hydrogens is 305 g/mol. The van der Waals surface area contributed by atoms with Crippen molar-refractivity contribution in [1.82, 2.24) is 0 Å². The van der Waals surface area contributed by atoms with Crippen molar-refractivity contribution in [3.8, 4) is 11.8 Å². The lowest BCUT2D eigenvalue weighted by molar-refractivity contribution is -0.137. The molecule has 0 fully saturated rings. The third-order valence-corrected chi connectivity index (χ3v) is 3.98. The third-order valence-electron chi connectivity index (χ3n) is 3.98. The normalized spacial score (nSPS) is 16.7. The van der Waals surface area contributed by atoms with Gasteiger partial charge in [-0.1, -0.05) is 12.1 Å². The summed E-state index contributed by atoms with van der Waals surface area (Å²) in [7, 11) is 0. The smallest absolute Gasteiger partial charge is 0.417 e. The number of nitrogens with zero attached hydrogens (tertiary/aromatic N) is 1. The zero-order chi connectivity index (χ0) is 16.6. The second-order valence-electron chi connectivity index (χ2n) is 5.53. The number of hydrogen-bond acceptors (Lipinski definition) is 3. The van der Waals surface area contributed by atoms with Crippen molar-refractivity contribution >= 4 is 5.69 Å². The van der Waals surface area contributed by atoms with Crippen LogP contribution in [0.15, 0.2) is 36.4 Å². The topological polar surface area (TPSA) is 56.0 Å². The number of hydrogen-bond donors (Lipinski definition) is 2. The highest BCUT2D eigenvalue weighted by atomic mass is 19.4. The third kappa shape index (κ3) is 2.95. The van der Waals surface area contributed by atoms with E-state index in [4.69, 9.17) is 5.26 Å². The number of phenols is 1. The molecule has 0 amide bonds. The van der Waals surface area contributed by atoms with Gasteiger partial charge in [0.1, 0.15) is 5.75 Å². The average Bonchev–Trinajstić information content (AvgIpc) is 2.90. The molecule has 0 heterocycles. The van der Waals surface area contributed by atoms with Gasteiger partial charge in [0.05, 0.1) is 17.2 Å². The van der Waals surface area contributed by atoms with Gasteiger partial charge in [0.25, 0.3) is 0 Å². The lowest BCUT2D eigenvalue weighted by atomic mass is 10.1. The standard InChI is InChI=1S/C17H13F3N2O/c18-17(19,20)15-8-12(5-4-11(15)9-21)22-13-6-10-2-1-3-16(23)14(10)7-13/h1-5,8,13,22-23H,6-7H2. The zero-order valence-corrected chi connectivity index (χ0v) is 12.0. The van der Waals surface area contributed by atoms with Gasteiger partial charge in [-0.2, -0.15) is 18.4 Å². The lowest BCUT2D eigenvalue weighted by Crippen LogP contribution is -2.20. The SMILES string of the molecule is N#Cc1ccc(NC2Cc3cccc(O)c3C2)cc1C(F)(F)F. The van der Waals surface area contributed by atoms with Gasteiger partial charge < -0.3 is 10.4 Å². The predicted molar refractivity (Wildman–Crippen MR) is 79.1 cm³/mol. The van der Waals surface area contributed by atoms with Crippen molar-refractivity contribution in [2.75, 3.05) is 5.32 Å². The van der Waals surface area contributed by atoms with Gasteiger partial charge >= 0.3 is 6.18 Å². The van der Waals surface area contributed by atoms with Crippen molar-refractivity contribution in [2.24, 2.45) is 0 Å². The van der Waals surface area contributed by atoms with E-state index in [0.29, 0.717) is 18.5 Å². The van der Waals surface area contributed by atoms with Crippen molar-refractivity contribution in [2.45, 2.75) is 25.1 Å². The summed E-state index contributed by atoms with van der Waals surface area (Å²) in [6.07, 6.45) is -3.39. The average molecular weight is 318 g/mol. The summed E-state index contributed by atoms with van der Waals surface area (Å²) in [6.45, 7) is 0. The summed E-state index contributed by atoms with van der Waals surface area (Å²) in [6, 6.07) is 10.3. The zero-order valence-electron chi connectivity index (χ0n) is 12.0. The molecule has 0 radical (unpaired) electrons. The molecule has 0 aromatic heterocycles. The Kier molecular flexibility index (Phi) is 3.64. The highest BCUT2D eigenvalue weighted by Crippen LogP contribution is 2.35. The number of aromatic hydroxyl groups is 1. The fraction of sp³-hybridized carbons (Fsp3) is 0.235. The van der Waals surface area contributed by atoms with Crippen LogP contribution in [-0.2, 0) is 19.0 Å². The van der Waals surface area contributed by atoms with Gasteiger partial charge in [-0.15, -0.1) is 0 Å².